The number of pyridine rings is 1. The maximum absolute atomic E-state index is 13.9. The van der Waals surface area contributed by atoms with Gasteiger partial charge in [0.05, 0.1) is 11.2 Å². The van der Waals surface area contributed by atoms with Crippen LogP contribution in [0.4, 0.5) is 10.2 Å². The minimum atomic E-state index is -0.242. The van der Waals surface area contributed by atoms with Gasteiger partial charge in [-0.2, -0.15) is 0 Å². The van der Waals surface area contributed by atoms with Crippen molar-refractivity contribution in [1.29, 1.82) is 0 Å². The summed E-state index contributed by atoms with van der Waals surface area (Å²) < 4.78 is 20.0. The Kier molecular flexibility index (Phi) is 3.89. The van der Waals surface area contributed by atoms with Crippen molar-refractivity contribution in [2.75, 3.05) is 18.0 Å². The molecule has 3 heterocycles. The van der Waals surface area contributed by atoms with Crippen LogP contribution in [-0.2, 0) is 4.74 Å². The van der Waals surface area contributed by atoms with Gasteiger partial charge >= 0.3 is 0 Å². The molecule has 1 aromatic heterocycles. The van der Waals surface area contributed by atoms with E-state index in [1.807, 2.05) is 4.90 Å². The van der Waals surface area contributed by atoms with Crippen LogP contribution in [0.5, 0.6) is 0 Å². The third kappa shape index (κ3) is 3.10. The molecule has 2 fully saturated rings. The Morgan fingerprint density at radius 2 is 2.14 bits per heavy atom. The molecule has 22 heavy (non-hydrogen) atoms. The van der Waals surface area contributed by atoms with Crippen molar-refractivity contribution in [3.05, 3.63) is 24.1 Å². The lowest BCUT2D eigenvalue weighted by molar-refractivity contribution is -0.0703. The zero-order valence-electron chi connectivity index (χ0n) is 13.9. The van der Waals surface area contributed by atoms with Crippen LogP contribution in [0.2, 0.25) is 0 Å². The van der Waals surface area contributed by atoms with Gasteiger partial charge in [-0.05, 0) is 52.7 Å². The molecule has 2 aliphatic rings. The minimum absolute atomic E-state index is 0.0907. The maximum atomic E-state index is 13.9. The van der Waals surface area contributed by atoms with Crippen LogP contribution in [0.3, 0.4) is 0 Å². The predicted octanol–water partition coefficient (Wildman–Crippen LogP) is 2.74. The van der Waals surface area contributed by atoms with Gasteiger partial charge in [-0.25, -0.2) is 9.37 Å². The van der Waals surface area contributed by atoms with E-state index in [1.165, 1.54) is 6.07 Å². The molecule has 4 nitrogen and oxygen atoms in total. The number of nitrogens with one attached hydrogen (secondary N) is 1. The molecular formula is C17H26FN3O. The van der Waals surface area contributed by atoms with Crippen LogP contribution in [0.25, 0.3) is 0 Å². The molecule has 5 heteroatoms. The molecule has 122 valence electrons. The lowest BCUT2D eigenvalue weighted by atomic mass is 9.93. The van der Waals surface area contributed by atoms with Crippen LogP contribution < -0.4 is 10.2 Å². The zero-order valence-corrected chi connectivity index (χ0v) is 13.9. The summed E-state index contributed by atoms with van der Waals surface area (Å²) in [5, 5.41) is 3.73. The molecule has 0 unspecified atom stereocenters. The predicted molar refractivity (Wildman–Crippen MR) is 85.6 cm³/mol. The molecule has 3 rings (SSSR count). The Morgan fingerprint density at radius 3 is 2.77 bits per heavy atom. The van der Waals surface area contributed by atoms with Gasteiger partial charge in [-0.3, -0.25) is 0 Å². The molecule has 2 saturated heterocycles. The smallest absolute Gasteiger partial charge is 0.165 e. The number of ether oxygens (including phenoxy) is 1. The summed E-state index contributed by atoms with van der Waals surface area (Å²) in [4.78, 5) is 6.21. The van der Waals surface area contributed by atoms with Crippen molar-refractivity contribution >= 4 is 5.82 Å². The number of anilines is 1. The van der Waals surface area contributed by atoms with Crippen molar-refractivity contribution < 1.29 is 9.13 Å². The zero-order chi connectivity index (χ0) is 16.0. The highest BCUT2D eigenvalue weighted by atomic mass is 19.1. The molecule has 2 atom stereocenters. The number of nitrogens with zero attached hydrogens (tertiary/aromatic N) is 2. The first-order valence-corrected chi connectivity index (χ1v) is 8.08. The quantitative estimate of drug-likeness (QED) is 0.932. The van der Waals surface area contributed by atoms with Gasteiger partial charge in [0.2, 0.25) is 0 Å². The Labute approximate surface area is 132 Å². The summed E-state index contributed by atoms with van der Waals surface area (Å²) in [6.45, 7) is 10.2. The minimum Gasteiger partial charge on any atom is -0.368 e. The van der Waals surface area contributed by atoms with Gasteiger partial charge in [-0.1, -0.05) is 0 Å². The molecule has 2 aliphatic heterocycles. The highest BCUT2D eigenvalue weighted by Crippen LogP contribution is 2.37. The van der Waals surface area contributed by atoms with Gasteiger partial charge in [0.1, 0.15) is 0 Å². The first-order valence-electron chi connectivity index (χ1n) is 8.08. The highest BCUT2D eigenvalue weighted by Gasteiger charge is 2.46. The van der Waals surface area contributed by atoms with Crippen molar-refractivity contribution in [1.82, 2.24) is 10.3 Å². The average molecular weight is 307 g/mol. The number of rotatable bonds is 3. The van der Waals surface area contributed by atoms with Crippen molar-refractivity contribution in [3.8, 4) is 0 Å². The molecule has 0 radical (unpaired) electrons. The normalized spacial score (nSPS) is 30.0. The van der Waals surface area contributed by atoms with Gasteiger partial charge in [0.25, 0.3) is 0 Å². The summed E-state index contributed by atoms with van der Waals surface area (Å²) in [7, 11) is 0. The Balaban J connectivity index is 1.63. The second kappa shape index (κ2) is 5.46. The fraction of sp³-hybridized carbons (Fsp3) is 0.706. The molecular weight excluding hydrogens is 281 g/mol. The number of halogens is 1. The molecule has 0 spiro atoms. The van der Waals surface area contributed by atoms with Crippen LogP contribution in [0, 0.1) is 5.82 Å². The van der Waals surface area contributed by atoms with Crippen molar-refractivity contribution in [2.24, 2.45) is 0 Å². The van der Waals surface area contributed by atoms with E-state index in [1.54, 1.807) is 12.3 Å². The third-order valence-corrected chi connectivity index (χ3v) is 4.74. The fourth-order valence-electron chi connectivity index (χ4n) is 3.81. The van der Waals surface area contributed by atoms with E-state index < -0.39 is 0 Å². The summed E-state index contributed by atoms with van der Waals surface area (Å²) in [6.07, 6.45) is 3.65. The number of hydrogen-bond acceptors (Lipinski definition) is 4. The van der Waals surface area contributed by atoms with E-state index >= 15 is 0 Å². The molecule has 0 saturated carbocycles. The number of hydrogen-bond donors (Lipinski definition) is 1. The molecule has 1 aromatic rings. The highest BCUT2D eigenvalue weighted by molar-refractivity contribution is 5.41. The van der Waals surface area contributed by atoms with Crippen LogP contribution in [-0.4, -0.2) is 41.4 Å². The van der Waals surface area contributed by atoms with E-state index in [9.17, 15) is 4.39 Å². The second-order valence-corrected chi connectivity index (χ2v) is 7.63. The molecule has 0 aromatic carbocycles. The van der Waals surface area contributed by atoms with E-state index in [0.29, 0.717) is 17.9 Å². The maximum Gasteiger partial charge on any atom is 0.165 e. The summed E-state index contributed by atoms with van der Waals surface area (Å²) >= 11 is 0. The summed E-state index contributed by atoms with van der Waals surface area (Å²) in [6, 6.07) is 3.77. The van der Waals surface area contributed by atoms with Crippen molar-refractivity contribution in [2.45, 2.75) is 63.8 Å². The van der Waals surface area contributed by atoms with E-state index in [-0.39, 0.29) is 17.0 Å². The van der Waals surface area contributed by atoms with Gasteiger partial charge in [0.15, 0.2) is 11.6 Å². The topological polar surface area (TPSA) is 37.4 Å². The monoisotopic (exact) mass is 307 g/mol. The first kappa shape index (κ1) is 15.7. The summed E-state index contributed by atoms with van der Waals surface area (Å²) in [5.41, 5.74) is -0.264. The van der Waals surface area contributed by atoms with Crippen LogP contribution in [0.15, 0.2) is 18.3 Å². The molecule has 0 aliphatic carbocycles. The van der Waals surface area contributed by atoms with Gasteiger partial charge in [0, 0.05) is 31.4 Å². The SMILES string of the molecule is CC1(C)C[C@H](N[C@H]2CCN(c3ncccc3F)C2)C(C)(C)O1. The van der Waals surface area contributed by atoms with Gasteiger partial charge in [-0.15, -0.1) is 0 Å². The lowest BCUT2D eigenvalue weighted by Gasteiger charge is -2.30. The Hall–Kier alpha value is -1.20. The Morgan fingerprint density at radius 1 is 1.36 bits per heavy atom. The van der Waals surface area contributed by atoms with Gasteiger partial charge < -0.3 is 15.0 Å². The second-order valence-electron chi connectivity index (χ2n) is 7.63. The lowest BCUT2D eigenvalue weighted by Crippen LogP contribution is -2.48. The van der Waals surface area contributed by atoms with Crippen molar-refractivity contribution in [3.63, 3.8) is 0 Å². The van der Waals surface area contributed by atoms with E-state index in [2.05, 4.69) is 38.0 Å². The average Bonchev–Trinajstić information content (AvgIpc) is 2.92. The third-order valence-electron chi connectivity index (χ3n) is 4.74. The molecule has 1 N–H and O–H groups in total. The Bertz CT molecular complexity index is 546. The van der Waals surface area contributed by atoms with E-state index in [0.717, 1.165) is 25.9 Å². The fourth-order valence-corrected chi connectivity index (χ4v) is 3.81. The standard InChI is InChI=1S/C17H26FN3O/c1-16(2)10-14(17(3,4)22-16)20-12-7-9-21(11-12)15-13(18)6-5-8-19-15/h5-6,8,12,14,20H,7,9-11H2,1-4H3/t12-,14-/m0/s1. The molecule has 0 bridgehead atoms. The van der Waals surface area contributed by atoms with Crippen LogP contribution in [0.1, 0.15) is 40.5 Å². The number of aromatic nitrogens is 1. The first-order chi connectivity index (χ1) is 10.3. The van der Waals surface area contributed by atoms with E-state index in [4.69, 9.17) is 4.74 Å². The summed E-state index contributed by atoms with van der Waals surface area (Å²) in [5.74, 6) is 0.225. The molecule has 0 amide bonds. The van der Waals surface area contributed by atoms with Crippen LogP contribution >= 0.6 is 0 Å². The largest absolute Gasteiger partial charge is 0.368 e.